The van der Waals surface area contributed by atoms with Gasteiger partial charge in [0.05, 0.1) is 35.6 Å². The van der Waals surface area contributed by atoms with Crippen LogP contribution in [0.1, 0.15) is 29.6 Å². The quantitative estimate of drug-likeness (QED) is 0.426. The van der Waals surface area contributed by atoms with Crippen LogP contribution in [0.4, 0.5) is 10.7 Å². The van der Waals surface area contributed by atoms with E-state index in [-0.39, 0.29) is 18.2 Å². The number of likely N-dealkylation sites (N-methyl/N-ethyl adjacent to an activating group) is 1. The third-order valence-corrected chi connectivity index (χ3v) is 7.27. The zero-order chi connectivity index (χ0) is 25.0. The summed E-state index contributed by atoms with van der Waals surface area (Å²) >= 11 is 0. The molecule has 0 unspecified atom stereocenters. The predicted octanol–water partition coefficient (Wildman–Crippen LogP) is 3.96. The summed E-state index contributed by atoms with van der Waals surface area (Å²) in [5.41, 5.74) is 5.39. The van der Waals surface area contributed by atoms with Gasteiger partial charge < -0.3 is 23.8 Å². The van der Waals surface area contributed by atoms with Crippen LogP contribution in [0, 0.1) is 13.8 Å². The van der Waals surface area contributed by atoms with E-state index < -0.39 is 0 Å². The van der Waals surface area contributed by atoms with Crippen LogP contribution in [0.25, 0.3) is 22.2 Å². The van der Waals surface area contributed by atoms with Crippen LogP contribution < -0.4 is 9.64 Å². The number of ether oxygens (including phenoxy) is 2. The Morgan fingerprint density at radius 3 is 2.81 bits per heavy atom. The number of carbonyl (C=O) groups excluding carboxylic acids is 1. The number of imidazole rings is 1. The third kappa shape index (κ3) is 3.39. The molecule has 6 rings (SSSR count). The molecule has 0 saturated carbocycles. The van der Waals surface area contributed by atoms with Crippen molar-refractivity contribution in [1.82, 2.24) is 24.6 Å². The molecule has 0 spiro atoms. The minimum Gasteiger partial charge on any atom is -0.488 e. The van der Waals surface area contributed by atoms with Gasteiger partial charge in [-0.2, -0.15) is 0 Å². The van der Waals surface area contributed by atoms with Crippen LogP contribution in [0.3, 0.4) is 0 Å². The first kappa shape index (κ1) is 22.4. The van der Waals surface area contributed by atoms with Crippen molar-refractivity contribution in [2.24, 2.45) is 0 Å². The molecule has 5 heterocycles. The van der Waals surface area contributed by atoms with Crippen molar-refractivity contribution in [3.8, 4) is 16.9 Å². The molecule has 2 aliphatic heterocycles. The van der Waals surface area contributed by atoms with Gasteiger partial charge in [0.1, 0.15) is 23.9 Å². The molecule has 36 heavy (non-hydrogen) atoms. The summed E-state index contributed by atoms with van der Waals surface area (Å²) in [7, 11) is 3.19. The molecule has 10 nitrogen and oxygen atoms in total. The second-order valence-corrected chi connectivity index (χ2v) is 9.34. The molecule has 1 fully saturated rings. The highest BCUT2D eigenvalue weighted by atomic mass is 16.5. The second-order valence-electron chi connectivity index (χ2n) is 9.34. The molecule has 10 heteroatoms. The summed E-state index contributed by atoms with van der Waals surface area (Å²) in [6.07, 6.45) is 2.30. The second kappa shape index (κ2) is 8.54. The number of anilines is 1. The van der Waals surface area contributed by atoms with E-state index in [1.54, 1.807) is 18.1 Å². The van der Waals surface area contributed by atoms with Gasteiger partial charge in [0.15, 0.2) is 5.75 Å². The van der Waals surface area contributed by atoms with Crippen LogP contribution in [0.5, 0.6) is 5.75 Å². The normalized spacial score (nSPS) is 18.9. The van der Waals surface area contributed by atoms with E-state index in [0.29, 0.717) is 13.2 Å². The van der Waals surface area contributed by atoms with Crippen LogP contribution in [-0.4, -0.2) is 70.6 Å². The zero-order valence-corrected chi connectivity index (χ0v) is 20.8. The molecule has 0 radical (unpaired) electrons. The molecule has 0 bridgehead atoms. The Morgan fingerprint density at radius 2 is 2.08 bits per heavy atom. The molecule has 0 aliphatic carbocycles. The van der Waals surface area contributed by atoms with Crippen LogP contribution in [-0.2, 0) is 4.74 Å². The molecule has 1 aromatic carbocycles. The molecule has 4 aromatic rings. The van der Waals surface area contributed by atoms with E-state index >= 15 is 0 Å². The average molecular weight is 489 g/mol. The van der Waals surface area contributed by atoms with Gasteiger partial charge in [-0.3, -0.25) is 9.55 Å². The molecular formula is C26H28N6O4. The van der Waals surface area contributed by atoms with E-state index in [4.69, 9.17) is 19.0 Å². The van der Waals surface area contributed by atoms with Gasteiger partial charge in [-0.05, 0) is 44.5 Å². The Balaban J connectivity index is 1.51. The first-order valence-corrected chi connectivity index (χ1v) is 12.1. The van der Waals surface area contributed by atoms with Crippen molar-refractivity contribution in [2.45, 2.75) is 32.4 Å². The van der Waals surface area contributed by atoms with E-state index in [1.165, 1.54) is 7.11 Å². The van der Waals surface area contributed by atoms with Crippen molar-refractivity contribution in [3.63, 3.8) is 0 Å². The largest absolute Gasteiger partial charge is 0.488 e. The summed E-state index contributed by atoms with van der Waals surface area (Å²) in [6.45, 7) is 5.71. The first-order valence-electron chi connectivity index (χ1n) is 12.1. The van der Waals surface area contributed by atoms with Gasteiger partial charge in [-0.15, -0.1) is 0 Å². The predicted molar refractivity (Wildman–Crippen MR) is 133 cm³/mol. The van der Waals surface area contributed by atoms with Crippen LogP contribution in [0.15, 0.2) is 41.1 Å². The number of hydrogen-bond donors (Lipinski definition) is 0. The Kier molecular flexibility index (Phi) is 5.31. The lowest BCUT2D eigenvalue weighted by Gasteiger charge is -2.30. The van der Waals surface area contributed by atoms with Crippen LogP contribution >= 0.6 is 0 Å². The van der Waals surface area contributed by atoms with Crippen molar-refractivity contribution < 1.29 is 18.8 Å². The maximum Gasteiger partial charge on any atom is 0.409 e. The number of benzene rings is 1. The van der Waals surface area contributed by atoms with Crippen LogP contribution in [0.2, 0.25) is 0 Å². The summed E-state index contributed by atoms with van der Waals surface area (Å²) in [5.74, 6) is 2.37. The topological polar surface area (TPSA) is 98.8 Å². The Bertz CT molecular complexity index is 1430. The SMILES string of the molecule is COC(=O)N(C)[C@@H]1CCN(c2nc3ccc(-c4c(C)noc4C)c4c3n2[C@@H](c2ccccn2)CO4)C1. The lowest BCUT2D eigenvalue weighted by Crippen LogP contribution is -2.39. The summed E-state index contributed by atoms with van der Waals surface area (Å²) in [5, 5.41) is 4.15. The van der Waals surface area contributed by atoms with E-state index in [9.17, 15) is 4.79 Å². The fourth-order valence-electron chi connectivity index (χ4n) is 5.43. The number of aromatic nitrogens is 4. The molecule has 2 atom stereocenters. The van der Waals surface area contributed by atoms with Crippen molar-refractivity contribution in [1.29, 1.82) is 0 Å². The number of aryl methyl sites for hydroxylation is 2. The van der Waals surface area contributed by atoms with Gasteiger partial charge in [0.2, 0.25) is 5.95 Å². The summed E-state index contributed by atoms with van der Waals surface area (Å²) in [6, 6.07) is 9.87. The van der Waals surface area contributed by atoms with Gasteiger partial charge >= 0.3 is 6.09 Å². The van der Waals surface area contributed by atoms with E-state index in [2.05, 4.69) is 19.6 Å². The first-order chi connectivity index (χ1) is 17.5. The monoisotopic (exact) mass is 488 g/mol. The van der Waals surface area contributed by atoms with Gasteiger partial charge in [0, 0.05) is 31.9 Å². The highest BCUT2D eigenvalue weighted by molar-refractivity contribution is 5.94. The number of carbonyl (C=O) groups is 1. The maximum atomic E-state index is 12.1. The minimum absolute atomic E-state index is 0.0375. The summed E-state index contributed by atoms with van der Waals surface area (Å²) in [4.78, 5) is 25.8. The third-order valence-electron chi connectivity index (χ3n) is 7.27. The van der Waals surface area contributed by atoms with Crippen molar-refractivity contribution in [3.05, 3.63) is 53.7 Å². The molecule has 1 amide bonds. The average Bonchev–Trinajstić information content (AvgIpc) is 3.62. The van der Waals surface area contributed by atoms with Gasteiger partial charge in [0.25, 0.3) is 0 Å². The fraction of sp³-hybridized carbons (Fsp3) is 0.385. The standard InChI is InChI=1S/C26H28N6O4/c1-15-22(16(2)36-29-15)18-8-9-20-23-24(18)35-14-21(19-7-5-6-11-27-19)32(23)25(28-20)31-12-10-17(13-31)30(3)26(33)34-4/h5-9,11,17,21H,10,12-14H2,1-4H3/t17-,21-/m1/s1. The molecule has 2 aliphatic rings. The van der Waals surface area contributed by atoms with Gasteiger partial charge in [-0.1, -0.05) is 11.2 Å². The highest BCUT2D eigenvalue weighted by Crippen LogP contribution is 2.46. The number of amides is 1. The molecular weight excluding hydrogens is 460 g/mol. The molecule has 3 aromatic heterocycles. The Hall–Kier alpha value is -4.08. The lowest BCUT2D eigenvalue weighted by molar-refractivity contribution is 0.121. The van der Waals surface area contributed by atoms with Crippen molar-refractivity contribution in [2.75, 3.05) is 38.8 Å². The summed E-state index contributed by atoms with van der Waals surface area (Å²) < 4.78 is 19.1. The highest BCUT2D eigenvalue weighted by Gasteiger charge is 2.36. The number of rotatable bonds is 4. The van der Waals surface area contributed by atoms with E-state index in [1.807, 2.05) is 44.2 Å². The molecule has 186 valence electrons. The number of hydrogen-bond acceptors (Lipinski definition) is 8. The molecule has 1 saturated heterocycles. The number of pyridine rings is 1. The smallest absolute Gasteiger partial charge is 0.409 e. The zero-order valence-electron chi connectivity index (χ0n) is 20.8. The Morgan fingerprint density at radius 1 is 1.22 bits per heavy atom. The fourth-order valence-corrected chi connectivity index (χ4v) is 5.43. The Labute approximate surface area is 208 Å². The number of methoxy groups -OCH3 is 1. The number of nitrogens with zero attached hydrogens (tertiary/aromatic N) is 6. The van der Waals surface area contributed by atoms with E-state index in [0.717, 1.165) is 64.0 Å². The minimum atomic E-state index is -0.331. The lowest BCUT2D eigenvalue weighted by atomic mass is 10.0. The van der Waals surface area contributed by atoms with Gasteiger partial charge in [-0.25, -0.2) is 9.78 Å². The maximum absolute atomic E-state index is 12.1. The van der Waals surface area contributed by atoms with Crippen molar-refractivity contribution >= 4 is 23.1 Å². The molecule has 0 N–H and O–H groups in total.